The molecule has 19 heavy (non-hydrogen) atoms. The molecule has 1 unspecified atom stereocenters. The van der Waals surface area contributed by atoms with Crippen LogP contribution in [0.25, 0.3) is 0 Å². The number of aryl methyl sites for hydroxylation is 1. The van der Waals surface area contributed by atoms with E-state index in [1.807, 2.05) is 25.1 Å². The maximum atomic E-state index is 5.65. The standard InChI is InChI=1S/C15H20N2O2/c1-4-16-12(3)13-5-7-14(8-6-13)18-10-15-9-11(2)17-19-15/h5-9,12,16H,4,10H2,1-3H3. The molecule has 0 amide bonds. The zero-order valence-electron chi connectivity index (χ0n) is 11.6. The Morgan fingerprint density at radius 1 is 1.32 bits per heavy atom. The lowest BCUT2D eigenvalue weighted by Crippen LogP contribution is -2.17. The Kier molecular flexibility index (Phi) is 4.58. The van der Waals surface area contributed by atoms with E-state index in [0.717, 1.165) is 23.7 Å². The summed E-state index contributed by atoms with van der Waals surface area (Å²) in [5.74, 6) is 1.57. The summed E-state index contributed by atoms with van der Waals surface area (Å²) in [5, 5.41) is 7.20. The van der Waals surface area contributed by atoms with Crippen molar-refractivity contribution in [1.29, 1.82) is 0 Å². The molecule has 0 saturated carbocycles. The Morgan fingerprint density at radius 3 is 2.63 bits per heavy atom. The van der Waals surface area contributed by atoms with Gasteiger partial charge in [-0.05, 0) is 38.1 Å². The van der Waals surface area contributed by atoms with Crippen LogP contribution >= 0.6 is 0 Å². The lowest BCUT2D eigenvalue weighted by Gasteiger charge is -2.13. The third-order valence-electron chi connectivity index (χ3n) is 2.95. The number of aromatic nitrogens is 1. The van der Waals surface area contributed by atoms with Crippen molar-refractivity contribution in [3.05, 3.63) is 47.3 Å². The molecule has 1 aromatic heterocycles. The molecule has 1 aromatic carbocycles. The molecule has 1 atom stereocenters. The molecule has 1 N–H and O–H groups in total. The van der Waals surface area contributed by atoms with Crippen molar-refractivity contribution in [2.24, 2.45) is 0 Å². The van der Waals surface area contributed by atoms with Crippen molar-refractivity contribution in [2.45, 2.75) is 33.4 Å². The van der Waals surface area contributed by atoms with Crippen molar-refractivity contribution < 1.29 is 9.26 Å². The monoisotopic (exact) mass is 260 g/mol. The molecule has 0 aliphatic carbocycles. The number of ether oxygens (including phenoxy) is 1. The minimum atomic E-state index is 0.357. The van der Waals surface area contributed by atoms with Gasteiger partial charge in [0.25, 0.3) is 0 Å². The first-order valence-electron chi connectivity index (χ1n) is 6.57. The summed E-state index contributed by atoms with van der Waals surface area (Å²) in [6, 6.07) is 10.3. The van der Waals surface area contributed by atoms with Crippen LogP contribution < -0.4 is 10.1 Å². The predicted molar refractivity (Wildman–Crippen MR) is 74.1 cm³/mol. The van der Waals surface area contributed by atoms with E-state index in [2.05, 4.69) is 36.5 Å². The summed E-state index contributed by atoms with van der Waals surface area (Å²) < 4.78 is 10.7. The Morgan fingerprint density at radius 2 is 2.05 bits per heavy atom. The Labute approximate surface area is 113 Å². The van der Waals surface area contributed by atoms with Crippen LogP contribution in [0.15, 0.2) is 34.9 Å². The van der Waals surface area contributed by atoms with Gasteiger partial charge in [-0.3, -0.25) is 0 Å². The van der Waals surface area contributed by atoms with Crippen LogP contribution in [0.1, 0.15) is 36.9 Å². The van der Waals surface area contributed by atoms with Crippen LogP contribution in [0.4, 0.5) is 0 Å². The Balaban J connectivity index is 1.91. The second-order valence-electron chi connectivity index (χ2n) is 4.57. The van der Waals surface area contributed by atoms with Gasteiger partial charge < -0.3 is 14.6 Å². The van der Waals surface area contributed by atoms with Gasteiger partial charge in [-0.15, -0.1) is 0 Å². The molecule has 4 heteroatoms. The zero-order chi connectivity index (χ0) is 13.7. The van der Waals surface area contributed by atoms with Crippen LogP contribution in [0.3, 0.4) is 0 Å². The minimum absolute atomic E-state index is 0.357. The molecule has 0 bridgehead atoms. The molecule has 2 rings (SSSR count). The van der Waals surface area contributed by atoms with E-state index < -0.39 is 0 Å². The van der Waals surface area contributed by atoms with Crippen molar-refractivity contribution in [1.82, 2.24) is 10.5 Å². The van der Waals surface area contributed by atoms with Crippen LogP contribution in [0.5, 0.6) is 5.75 Å². The molecular weight excluding hydrogens is 240 g/mol. The third kappa shape index (κ3) is 3.83. The van der Waals surface area contributed by atoms with E-state index in [1.54, 1.807) is 0 Å². The minimum Gasteiger partial charge on any atom is -0.486 e. The molecule has 4 nitrogen and oxygen atoms in total. The molecule has 102 valence electrons. The van der Waals surface area contributed by atoms with E-state index in [4.69, 9.17) is 9.26 Å². The van der Waals surface area contributed by atoms with Crippen molar-refractivity contribution in [3.63, 3.8) is 0 Å². The van der Waals surface area contributed by atoms with Gasteiger partial charge in [0.15, 0.2) is 5.76 Å². The summed E-state index contributed by atoms with van der Waals surface area (Å²) in [7, 11) is 0. The fourth-order valence-electron chi connectivity index (χ4n) is 1.92. The van der Waals surface area contributed by atoms with Crippen molar-refractivity contribution >= 4 is 0 Å². The lowest BCUT2D eigenvalue weighted by molar-refractivity contribution is 0.248. The molecule has 2 aromatic rings. The summed E-state index contributed by atoms with van der Waals surface area (Å²) in [6.45, 7) is 7.52. The predicted octanol–water partition coefficient (Wildman–Crippen LogP) is 3.23. The molecule has 0 saturated heterocycles. The smallest absolute Gasteiger partial charge is 0.174 e. The third-order valence-corrected chi connectivity index (χ3v) is 2.95. The second-order valence-corrected chi connectivity index (χ2v) is 4.57. The summed E-state index contributed by atoms with van der Waals surface area (Å²) in [4.78, 5) is 0. The van der Waals surface area contributed by atoms with Gasteiger partial charge in [-0.1, -0.05) is 24.2 Å². The van der Waals surface area contributed by atoms with Gasteiger partial charge >= 0.3 is 0 Å². The van der Waals surface area contributed by atoms with Crippen LogP contribution in [0.2, 0.25) is 0 Å². The maximum absolute atomic E-state index is 5.65. The Hall–Kier alpha value is -1.81. The number of nitrogens with one attached hydrogen (secondary N) is 1. The van der Waals surface area contributed by atoms with Crippen LogP contribution in [-0.4, -0.2) is 11.7 Å². The van der Waals surface area contributed by atoms with Crippen molar-refractivity contribution in [2.75, 3.05) is 6.54 Å². The molecular formula is C15H20N2O2. The summed E-state index contributed by atoms with van der Waals surface area (Å²) >= 11 is 0. The molecule has 0 radical (unpaired) electrons. The first-order chi connectivity index (χ1) is 9.19. The first-order valence-corrected chi connectivity index (χ1v) is 6.57. The SMILES string of the molecule is CCNC(C)c1ccc(OCc2cc(C)no2)cc1. The van der Waals surface area contributed by atoms with Crippen molar-refractivity contribution in [3.8, 4) is 5.75 Å². The average molecular weight is 260 g/mol. The fraction of sp³-hybridized carbons (Fsp3) is 0.400. The second kappa shape index (κ2) is 6.38. The van der Waals surface area contributed by atoms with E-state index in [-0.39, 0.29) is 0 Å². The van der Waals surface area contributed by atoms with Crippen LogP contribution in [0, 0.1) is 6.92 Å². The first kappa shape index (κ1) is 13.6. The molecule has 0 aliphatic heterocycles. The molecule has 0 fully saturated rings. The molecule has 0 aliphatic rings. The van der Waals surface area contributed by atoms with Crippen LogP contribution in [-0.2, 0) is 6.61 Å². The number of rotatable bonds is 6. The average Bonchev–Trinajstić information content (AvgIpc) is 2.83. The lowest BCUT2D eigenvalue weighted by atomic mass is 10.1. The van der Waals surface area contributed by atoms with Gasteiger partial charge in [0, 0.05) is 12.1 Å². The van der Waals surface area contributed by atoms with Gasteiger partial charge in [-0.2, -0.15) is 0 Å². The van der Waals surface area contributed by atoms with Gasteiger partial charge in [0.2, 0.25) is 0 Å². The molecule has 1 heterocycles. The van der Waals surface area contributed by atoms with Gasteiger partial charge in [0.05, 0.1) is 5.69 Å². The van der Waals surface area contributed by atoms with E-state index in [9.17, 15) is 0 Å². The topological polar surface area (TPSA) is 47.3 Å². The largest absolute Gasteiger partial charge is 0.486 e. The van der Waals surface area contributed by atoms with E-state index in [1.165, 1.54) is 5.56 Å². The van der Waals surface area contributed by atoms with E-state index >= 15 is 0 Å². The maximum Gasteiger partial charge on any atom is 0.174 e. The van der Waals surface area contributed by atoms with Gasteiger partial charge in [-0.25, -0.2) is 0 Å². The highest BCUT2D eigenvalue weighted by atomic mass is 16.5. The number of hydrogen-bond donors (Lipinski definition) is 1. The zero-order valence-corrected chi connectivity index (χ0v) is 11.6. The summed E-state index contributed by atoms with van der Waals surface area (Å²) in [6.07, 6.45) is 0. The highest BCUT2D eigenvalue weighted by Gasteiger charge is 2.05. The molecule has 0 spiro atoms. The highest BCUT2D eigenvalue weighted by Crippen LogP contribution is 2.18. The quantitative estimate of drug-likeness (QED) is 0.866. The van der Waals surface area contributed by atoms with Gasteiger partial charge in [0.1, 0.15) is 12.4 Å². The number of benzene rings is 1. The fourth-order valence-corrected chi connectivity index (χ4v) is 1.92. The number of hydrogen-bond acceptors (Lipinski definition) is 4. The summed E-state index contributed by atoms with van der Waals surface area (Å²) in [5.41, 5.74) is 2.12. The van der Waals surface area contributed by atoms with E-state index in [0.29, 0.717) is 12.6 Å². The number of nitrogens with zero attached hydrogens (tertiary/aromatic N) is 1. The highest BCUT2D eigenvalue weighted by molar-refractivity contribution is 5.29. The normalized spacial score (nSPS) is 12.4. The Bertz CT molecular complexity index is 505.